The van der Waals surface area contributed by atoms with Crippen LogP contribution in [-0.4, -0.2) is 12.1 Å². The van der Waals surface area contributed by atoms with Crippen LogP contribution in [0.3, 0.4) is 0 Å². The van der Waals surface area contributed by atoms with Crippen molar-refractivity contribution in [2.24, 2.45) is 4.99 Å². The molecule has 1 aliphatic heterocycles. The topological polar surface area (TPSA) is 53.5 Å². The molecule has 0 bridgehead atoms. The Bertz CT molecular complexity index is 705. The molecule has 2 aromatic carbocycles. The van der Waals surface area contributed by atoms with Crippen molar-refractivity contribution in [3.63, 3.8) is 0 Å². The molecule has 0 atom stereocenters. The van der Waals surface area contributed by atoms with Crippen LogP contribution in [-0.2, 0) is 6.54 Å². The summed E-state index contributed by atoms with van der Waals surface area (Å²) in [6.07, 6.45) is 5.18. The second-order valence-corrected chi connectivity index (χ2v) is 4.71. The number of benzene rings is 2. The maximum absolute atomic E-state index is 12.2. The Morgan fingerprint density at radius 3 is 2.86 bits per heavy atom. The molecule has 0 aliphatic carbocycles. The molecular formula is C17H15N3O. The molecule has 0 spiro atoms. The van der Waals surface area contributed by atoms with Crippen LogP contribution in [0.4, 0.5) is 5.69 Å². The standard InChI is InChI=1S/C17H15N3O/c21-17(20-11-13-4-2-1-3-5-13)14-6-7-15-12-18-8-9-19-16(15)10-14/h1-10,12,19H,11H2,(H,20,21). The summed E-state index contributed by atoms with van der Waals surface area (Å²) in [6.45, 7) is 0.519. The van der Waals surface area contributed by atoms with E-state index in [0.717, 1.165) is 16.8 Å². The summed E-state index contributed by atoms with van der Waals surface area (Å²) in [4.78, 5) is 16.3. The minimum Gasteiger partial charge on any atom is -0.360 e. The molecule has 4 nitrogen and oxygen atoms in total. The number of nitrogens with zero attached hydrogens (tertiary/aromatic N) is 1. The lowest BCUT2D eigenvalue weighted by atomic mass is 10.1. The van der Waals surface area contributed by atoms with Gasteiger partial charge in [-0.05, 0) is 17.7 Å². The van der Waals surface area contributed by atoms with Gasteiger partial charge in [-0.15, -0.1) is 0 Å². The SMILES string of the molecule is O=C(NCc1ccccc1)c1ccc2c(c1)NC=CN=C2. The smallest absolute Gasteiger partial charge is 0.251 e. The number of anilines is 1. The highest BCUT2D eigenvalue weighted by Crippen LogP contribution is 2.18. The molecule has 3 rings (SSSR count). The largest absolute Gasteiger partial charge is 0.360 e. The fourth-order valence-corrected chi connectivity index (χ4v) is 2.11. The maximum Gasteiger partial charge on any atom is 0.251 e. The highest BCUT2D eigenvalue weighted by Gasteiger charge is 2.09. The first kappa shape index (κ1) is 13.1. The zero-order valence-electron chi connectivity index (χ0n) is 11.4. The molecule has 0 unspecified atom stereocenters. The minimum atomic E-state index is -0.0892. The fraction of sp³-hybridized carbons (Fsp3) is 0.0588. The molecule has 1 heterocycles. The number of fused-ring (bicyclic) bond motifs is 1. The zero-order chi connectivity index (χ0) is 14.5. The Hall–Kier alpha value is -2.88. The number of rotatable bonds is 3. The molecule has 4 heteroatoms. The molecule has 0 fully saturated rings. The van der Waals surface area contributed by atoms with E-state index in [1.54, 1.807) is 24.7 Å². The average molecular weight is 277 g/mol. The third-order valence-corrected chi connectivity index (χ3v) is 3.22. The van der Waals surface area contributed by atoms with Crippen LogP contribution in [0.1, 0.15) is 21.5 Å². The van der Waals surface area contributed by atoms with Crippen LogP contribution in [0, 0.1) is 0 Å². The van der Waals surface area contributed by atoms with Gasteiger partial charge in [0.1, 0.15) is 0 Å². The molecule has 0 aromatic heterocycles. The van der Waals surface area contributed by atoms with Gasteiger partial charge in [-0.1, -0.05) is 36.4 Å². The summed E-state index contributed by atoms with van der Waals surface area (Å²) >= 11 is 0. The summed E-state index contributed by atoms with van der Waals surface area (Å²) in [5.41, 5.74) is 3.54. The Morgan fingerprint density at radius 1 is 1.14 bits per heavy atom. The molecule has 2 N–H and O–H groups in total. The van der Waals surface area contributed by atoms with Crippen LogP contribution >= 0.6 is 0 Å². The van der Waals surface area contributed by atoms with Crippen molar-refractivity contribution in [1.82, 2.24) is 5.32 Å². The second-order valence-electron chi connectivity index (χ2n) is 4.71. The van der Waals surface area contributed by atoms with Crippen molar-refractivity contribution in [3.05, 3.63) is 77.6 Å². The first-order valence-electron chi connectivity index (χ1n) is 6.74. The van der Waals surface area contributed by atoms with Gasteiger partial charge >= 0.3 is 0 Å². The Morgan fingerprint density at radius 2 is 2.00 bits per heavy atom. The van der Waals surface area contributed by atoms with Gasteiger partial charge < -0.3 is 10.6 Å². The first-order chi connectivity index (χ1) is 10.3. The first-order valence-corrected chi connectivity index (χ1v) is 6.74. The number of aliphatic imine (C=N–C) groups is 1. The zero-order valence-corrected chi connectivity index (χ0v) is 11.4. The number of carbonyl (C=O) groups is 1. The van der Waals surface area contributed by atoms with E-state index in [2.05, 4.69) is 15.6 Å². The Kier molecular flexibility index (Phi) is 3.78. The van der Waals surface area contributed by atoms with Crippen molar-refractivity contribution in [1.29, 1.82) is 0 Å². The predicted molar refractivity (Wildman–Crippen MR) is 84.4 cm³/mol. The van der Waals surface area contributed by atoms with Gasteiger partial charge in [-0.25, -0.2) is 0 Å². The van der Waals surface area contributed by atoms with Gasteiger partial charge in [0, 0.05) is 42.0 Å². The maximum atomic E-state index is 12.2. The van der Waals surface area contributed by atoms with Gasteiger partial charge in [-0.2, -0.15) is 0 Å². The molecule has 104 valence electrons. The molecular weight excluding hydrogens is 262 g/mol. The molecule has 0 saturated carbocycles. The lowest BCUT2D eigenvalue weighted by molar-refractivity contribution is 0.0951. The number of nitrogens with one attached hydrogen (secondary N) is 2. The minimum absolute atomic E-state index is 0.0892. The monoisotopic (exact) mass is 277 g/mol. The van der Waals surface area contributed by atoms with E-state index in [1.165, 1.54) is 0 Å². The summed E-state index contributed by atoms with van der Waals surface area (Å²) in [6, 6.07) is 15.4. The van der Waals surface area contributed by atoms with E-state index in [1.807, 2.05) is 42.5 Å². The third kappa shape index (κ3) is 3.17. The van der Waals surface area contributed by atoms with Crippen LogP contribution < -0.4 is 10.6 Å². The molecule has 0 radical (unpaired) electrons. The van der Waals surface area contributed by atoms with Crippen LogP contribution in [0.2, 0.25) is 0 Å². The number of hydrogen-bond donors (Lipinski definition) is 2. The van der Waals surface area contributed by atoms with E-state index in [0.29, 0.717) is 12.1 Å². The van der Waals surface area contributed by atoms with Crippen molar-refractivity contribution < 1.29 is 4.79 Å². The van der Waals surface area contributed by atoms with Gasteiger partial charge in [0.25, 0.3) is 5.91 Å². The predicted octanol–water partition coefficient (Wildman–Crippen LogP) is 2.93. The van der Waals surface area contributed by atoms with Crippen molar-refractivity contribution in [3.8, 4) is 0 Å². The average Bonchev–Trinajstić information content (AvgIpc) is 2.78. The fourth-order valence-electron chi connectivity index (χ4n) is 2.11. The van der Waals surface area contributed by atoms with Gasteiger partial charge in [0.15, 0.2) is 0 Å². The summed E-state index contributed by atoms with van der Waals surface area (Å²) in [5, 5.41) is 6.03. The van der Waals surface area contributed by atoms with Crippen LogP contribution in [0.25, 0.3) is 0 Å². The van der Waals surface area contributed by atoms with Crippen molar-refractivity contribution in [2.45, 2.75) is 6.54 Å². The summed E-state index contributed by atoms with van der Waals surface area (Å²) < 4.78 is 0. The number of amides is 1. The highest BCUT2D eigenvalue weighted by atomic mass is 16.1. The van der Waals surface area contributed by atoms with Gasteiger partial charge in [-0.3, -0.25) is 9.79 Å². The van der Waals surface area contributed by atoms with Crippen LogP contribution in [0.5, 0.6) is 0 Å². The van der Waals surface area contributed by atoms with Gasteiger partial charge in [0.2, 0.25) is 0 Å². The lowest BCUT2D eigenvalue weighted by Gasteiger charge is -2.09. The number of carbonyl (C=O) groups excluding carboxylic acids is 1. The highest BCUT2D eigenvalue weighted by molar-refractivity contribution is 5.98. The van der Waals surface area contributed by atoms with Gasteiger partial charge in [0.05, 0.1) is 0 Å². The number of hydrogen-bond acceptors (Lipinski definition) is 3. The summed E-state index contributed by atoms with van der Waals surface area (Å²) in [5.74, 6) is -0.0892. The Balaban J connectivity index is 1.72. The lowest BCUT2D eigenvalue weighted by Crippen LogP contribution is -2.22. The van der Waals surface area contributed by atoms with E-state index >= 15 is 0 Å². The Labute approximate surface area is 123 Å². The molecule has 0 saturated heterocycles. The van der Waals surface area contributed by atoms with E-state index in [-0.39, 0.29) is 5.91 Å². The molecule has 2 aromatic rings. The van der Waals surface area contributed by atoms with E-state index in [4.69, 9.17) is 0 Å². The quantitative estimate of drug-likeness (QED) is 0.906. The van der Waals surface area contributed by atoms with Crippen molar-refractivity contribution in [2.75, 3.05) is 5.32 Å². The van der Waals surface area contributed by atoms with E-state index in [9.17, 15) is 4.79 Å². The third-order valence-electron chi connectivity index (χ3n) is 3.22. The normalized spacial score (nSPS) is 12.2. The second kappa shape index (κ2) is 6.05. The summed E-state index contributed by atoms with van der Waals surface area (Å²) in [7, 11) is 0. The van der Waals surface area contributed by atoms with Crippen LogP contribution in [0.15, 0.2) is 65.9 Å². The molecule has 1 amide bonds. The molecule has 21 heavy (non-hydrogen) atoms. The molecule has 1 aliphatic rings. The van der Waals surface area contributed by atoms with Crippen molar-refractivity contribution >= 4 is 17.8 Å². The van der Waals surface area contributed by atoms with E-state index < -0.39 is 0 Å².